The highest BCUT2D eigenvalue weighted by Gasteiger charge is 2.47. The molecule has 0 saturated heterocycles. The number of carbonyl (C=O) groups excluding carboxylic acids is 1. The van der Waals surface area contributed by atoms with Gasteiger partial charge in [-0.2, -0.15) is 0 Å². The molecule has 0 aromatic heterocycles. The molecule has 0 unspecified atom stereocenters. The third-order valence-corrected chi connectivity index (χ3v) is 7.77. The van der Waals surface area contributed by atoms with E-state index >= 15 is 0 Å². The van der Waals surface area contributed by atoms with Crippen molar-refractivity contribution in [1.82, 2.24) is 10.6 Å². The number of ether oxygens (including phenoxy) is 4. The van der Waals surface area contributed by atoms with Crippen molar-refractivity contribution >= 4 is 5.91 Å². The summed E-state index contributed by atoms with van der Waals surface area (Å²) in [5.74, 6) is 0.400. The molecule has 3 aliphatic rings. The van der Waals surface area contributed by atoms with E-state index in [1.807, 2.05) is 6.08 Å². The molecule has 8 atom stereocenters. The molecule has 0 bridgehead atoms. The predicted octanol–water partition coefficient (Wildman–Crippen LogP) is -2.36. The van der Waals surface area contributed by atoms with E-state index in [1.54, 1.807) is 6.92 Å². The Balaban J connectivity index is 1.64. The van der Waals surface area contributed by atoms with Crippen molar-refractivity contribution in [3.63, 3.8) is 0 Å². The number of rotatable bonds is 17. The zero-order valence-corrected chi connectivity index (χ0v) is 24.0. The van der Waals surface area contributed by atoms with Gasteiger partial charge >= 0.3 is 0 Å². The number of nitrogens with two attached hydrogens (primary N) is 3. The first kappa shape index (κ1) is 34.1. The number of carbonyl (C=O) groups is 1. The van der Waals surface area contributed by atoms with Crippen LogP contribution >= 0.6 is 0 Å². The molecule has 3 rings (SSSR count). The van der Waals surface area contributed by atoms with Crippen molar-refractivity contribution in [2.24, 2.45) is 17.2 Å². The number of allylic oxidation sites excluding steroid dienone is 1. The fraction of sp³-hybridized carbons (Fsp3) is 0.889. The van der Waals surface area contributed by atoms with Crippen LogP contribution in [0.2, 0.25) is 0 Å². The van der Waals surface area contributed by atoms with Gasteiger partial charge in [0.25, 0.3) is 0 Å². The molecule has 2 saturated carbocycles. The average Bonchev–Trinajstić information content (AvgIpc) is 2.92. The highest BCUT2D eigenvalue weighted by Crippen LogP contribution is 2.31. The van der Waals surface area contributed by atoms with E-state index in [-0.39, 0.29) is 38.0 Å². The fourth-order valence-electron chi connectivity index (χ4n) is 5.56. The first-order valence-corrected chi connectivity index (χ1v) is 14.8. The van der Waals surface area contributed by atoms with Gasteiger partial charge in [-0.1, -0.05) is 6.92 Å². The fourth-order valence-corrected chi connectivity index (χ4v) is 5.56. The molecule has 2 fully saturated rings. The number of hydrogen-bond acceptors (Lipinski definition) is 13. The van der Waals surface area contributed by atoms with Crippen LogP contribution in [0, 0.1) is 0 Å². The van der Waals surface area contributed by atoms with Crippen LogP contribution in [0.4, 0.5) is 0 Å². The van der Waals surface area contributed by atoms with Gasteiger partial charge in [0.05, 0.1) is 31.4 Å². The Labute approximate surface area is 241 Å². The maximum Gasteiger partial charge on any atom is 0.220 e. The monoisotopic (exact) mass is 589 g/mol. The van der Waals surface area contributed by atoms with Crippen molar-refractivity contribution in [3.8, 4) is 0 Å². The SMILES string of the molecule is CC[C@@H](O)[C@H](OCCO)O[C@@H]1[C@@H](O)[C@H](O[C@@H]2CCC=C(CNCC3(O)CC(N)C3)O2)[C@@H](N)C[C@H]1NC(=O)CCCN. The number of hydrogen-bond donors (Lipinski definition) is 9. The van der Waals surface area contributed by atoms with Crippen LogP contribution in [0.25, 0.3) is 0 Å². The van der Waals surface area contributed by atoms with Crippen LogP contribution in [-0.4, -0.2) is 120 Å². The van der Waals surface area contributed by atoms with Gasteiger partial charge < -0.3 is 67.2 Å². The topological polar surface area (TPSA) is 237 Å². The Morgan fingerprint density at radius 3 is 2.71 bits per heavy atom. The van der Waals surface area contributed by atoms with E-state index in [4.69, 9.17) is 36.1 Å². The number of nitrogens with one attached hydrogen (secondary N) is 2. The molecular formula is C27H51N5O9. The van der Waals surface area contributed by atoms with Gasteiger partial charge in [-0.3, -0.25) is 4.79 Å². The van der Waals surface area contributed by atoms with E-state index in [9.17, 15) is 25.2 Å². The van der Waals surface area contributed by atoms with Crippen LogP contribution in [-0.2, 0) is 23.7 Å². The molecule has 41 heavy (non-hydrogen) atoms. The minimum absolute atomic E-state index is 0.0317. The zero-order chi connectivity index (χ0) is 30.0. The third kappa shape index (κ3) is 10.1. The molecule has 1 heterocycles. The standard InChI is InChI=1S/C27H51N5O9/c1-2-20(34)26(38-10-9-33)41-25-19(32-21(35)6-4-8-28)11-18(30)24(23(25)36)40-22-7-3-5-17(39-22)14-31-15-27(37)12-16(29)13-27/h5,16,18-20,22-26,31,33-34,36-37H,2-4,6-15,28-30H2,1H3,(H,32,35)/t16?,18-,19+,20+,22+,23-,24+,25-,26+,27?/m0/s1. The first-order chi connectivity index (χ1) is 19.6. The Morgan fingerprint density at radius 1 is 1.29 bits per heavy atom. The molecule has 0 aromatic carbocycles. The molecule has 1 aliphatic heterocycles. The van der Waals surface area contributed by atoms with Gasteiger partial charge in [0.15, 0.2) is 12.6 Å². The van der Waals surface area contributed by atoms with Crippen LogP contribution < -0.4 is 27.8 Å². The molecule has 1 amide bonds. The Morgan fingerprint density at radius 2 is 2.05 bits per heavy atom. The lowest BCUT2D eigenvalue weighted by Gasteiger charge is -2.45. The van der Waals surface area contributed by atoms with Gasteiger partial charge in [0.1, 0.15) is 30.2 Å². The summed E-state index contributed by atoms with van der Waals surface area (Å²) >= 11 is 0. The quantitative estimate of drug-likeness (QED) is 0.0808. The normalized spacial score (nSPS) is 35.1. The lowest BCUT2D eigenvalue weighted by atomic mass is 9.76. The molecular weight excluding hydrogens is 538 g/mol. The largest absolute Gasteiger partial charge is 0.468 e. The van der Waals surface area contributed by atoms with Crippen molar-refractivity contribution in [1.29, 1.82) is 0 Å². The lowest BCUT2D eigenvalue weighted by molar-refractivity contribution is -0.269. The summed E-state index contributed by atoms with van der Waals surface area (Å²) in [6.07, 6.45) is -0.559. The number of aliphatic hydroxyl groups excluding tert-OH is 3. The number of aliphatic hydroxyl groups is 4. The Bertz CT molecular complexity index is 831. The lowest BCUT2D eigenvalue weighted by Crippen LogP contribution is -2.66. The van der Waals surface area contributed by atoms with Crippen LogP contribution in [0.15, 0.2) is 11.8 Å². The number of amides is 1. The average molecular weight is 590 g/mol. The predicted molar refractivity (Wildman–Crippen MR) is 149 cm³/mol. The first-order valence-electron chi connectivity index (χ1n) is 14.8. The van der Waals surface area contributed by atoms with Gasteiger partial charge in [0, 0.05) is 31.5 Å². The van der Waals surface area contributed by atoms with E-state index < -0.39 is 54.7 Å². The van der Waals surface area contributed by atoms with Gasteiger partial charge in [-0.15, -0.1) is 0 Å². The molecule has 12 N–H and O–H groups in total. The summed E-state index contributed by atoms with van der Waals surface area (Å²) in [7, 11) is 0. The Kier molecular flexibility index (Phi) is 13.6. The highest BCUT2D eigenvalue weighted by molar-refractivity contribution is 5.76. The summed E-state index contributed by atoms with van der Waals surface area (Å²) in [6.45, 7) is 2.54. The summed E-state index contributed by atoms with van der Waals surface area (Å²) in [5.41, 5.74) is 17.0. The third-order valence-electron chi connectivity index (χ3n) is 7.77. The van der Waals surface area contributed by atoms with Gasteiger partial charge in [-0.25, -0.2) is 0 Å². The Hall–Kier alpha value is -1.43. The van der Waals surface area contributed by atoms with E-state index in [2.05, 4.69) is 10.6 Å². The maximum absolute atomic E-state index is 12.6. The van der Waals surface area contributed by atoms with E-state index in [1.165, 1.54) is 0 Å². The van der Waals surface area contributed by atoms with Crippen molar-refractivity contribution in [2.45, 2.75) is 119 Å². The second-order valence-corrected chi connectivity index (χ2v) is 11.4. The zero-order valence-electron chi connectivity index (χ0n) is 24.0. The van der Waals surface area contributed by atoms with Crippen molar-refractivity contribution < 1.29 is 44.2 Å². The smallest absolute Gasteiger partial charge is 0.220 e. The molecule has 2 aliphatic carbocycles. The van der Waals surface area contributed by atoms with Crippen LogP contribution in [0.5, 0.6) is 0 Å². The second kappa shape index (κ2) is 16.4. The van der Waals surface area contributed by atoms with Gasteiger partial charge in [-0.05, 0) is 51.1 Å². The molecule has 14 heteroatoms. The molecule has 0 spiro atoms. The molecule has 14 nitrogen and oxygen atoms in total. The highest BCUT2D eigenvalue weighted by atomic mass is 16.7. The van der Waals surface area contributed by atoms with Crippen LogP contribution in [0.3, 0.4) is 0 Å². The van der Waals surface area contributed by atoms with E-state index in [0.29, 0.717) is 63.9 Å². The minimum Gasteiger partial charge on any atom is -0.468 e. The second-order valence-electron chi connectivity index (χ2n) is 11.4. The molecule has 0 aromatic rings. The summed E-state index contributed by atoms with van der Waals surface area (Å²) in [5, 5.41) is 47.7. The van der Waals surface area contributed by atoms with Gasteiger partial charge in [0.2, 0.25) is 5.91 Å². The molecule has 238 valence electrons. The van der Waals surface area contributed by atoms with Crippen LogP contribution in [0.1, 0.15) is 58.3 Å². The van der Waals surface area contributed by atoms with Crippen molar-refractivity contribution in [3.05, 3.63) is 11.8 Å². The summed E-state index contributed by atoms with van der Waals surface area (Å²) in [6, 6.07) is -1.32. The maximum atomic E-state index is 12.6. The summed E-state index contributed by atoms with van der Waals surface area (Å²) in [4.78, 5) is 12.6. The molecule has 0 radical (unpaired) electrons. The summed E-state index contributed by atoms with van der Waals surface area (Å²) < 4.78 is 23.8. The van der Waals surface area contributed by atoms with E-state index in [0.717, 1.165) is 0 Å². The van der Waals surface area contributed by atoms with Crippen molar-refractivity contribution in [2.75, 3.05) is 32.8 Å². The minimum atomic E-state index is -1.30.